The van der Waals surface area contributed by atoms with Gasteiger partial charge in [0.15, 0.2) is 0 Å². The van der Waals surface area contributed by atoms with Crippen LogP contribution in [0.25, 0.3) is 0 Å². The molecule has 1 fully saturated rings. The van der Waals surface area contributed by atoms with Gasteiger partial charge in [0.1, 0.15) is 5.75 Å². The standard InChI is InChI=1S/C15H22N2O2/c1-3-8-17(10-11-4-5-11)15(18)13-9-12(19-2)6-7-14(13)16/h6-7,9,11H,3-5,8,10,16H2,1-2H3. The summed E-state index contributed by atoms with van der Waals surface area (Å²) >= 11 is 0. The van der Waals surface area contributed by atoms with E-state index in [-0.39, 0.29) is 5.91 Å². The molecule has 1 aromatic carbocycles. The lowest BCUT2D eigenvalue weighted by Crippen LogP contribution is -2.34. The molecule has 19 heavy (non-hydrogen) atoms. The van der Waals surface area contributed by atoms with E-state index in [0.29, 0.717) is 22.9 Å². The van der Waals surface area contributed by atoms with Crippen LogP contribution in [0.1, 0.15) is 36.5 Å². The molecule has 0 unspecified atom stereocenters. The molecule has 2 rings (SSSR count). The smallest absolute Gasteiger partial charge is 0.256 e. The number of nitrogen functional groups attached to an aromatic ring is 1. The van der Waals surface area contributed by atoms with Crippen molar-refractivity contribution in [1.82, 2.24) is 4.90 Å². The number of nitrogens with two attached hydrogens (primary N) is 1. The van der Waals surface area contributed by atoms with Crippen molar-refractivity contribution >= 4 is 11.6 Å². The molecule has 1 aliphatic rings. The SMILES string of the molecule is CCCN(CC1CC1)C(=O)c1cc(OC)ccc1N. The molecule has 0 aliphatic heterocycles. The molecule has 0 saturated heterocycles. The molecule has 0 heterocycles. The van der Waals surface area contributed by atoms with E-state index in [1.807, 2.05) is 4.90 Å². The molecule has 0 spiro atoms. The molecular formula is C15H22N2O2. The Labute approximate surface area is 114 Å². The first-order valence-corrected chi connectivity index (χ1v) is 6.88. The number of carbonyl (C=O) groups is 1. The Bertz CT molecular complexity index is 455. The van der Waals surface area contributed by atoms with Crippen LogP contribution in [-0.2, 0) is 0 Å². The van der Waals surface area contributed by atoms with Gasteiger partial charge in [-0.1, -0.05) is 6.92 Å². The third-order valence-corrected chi connectivity index (χ3v) is 3.45. The van der Waals surface area contributed by atoms with Gasteiger partial charge in [-0.2, -0.15) is 0 Å². The Morgan fingerprint density at radius 2 is 2.21 bits per heavy atom. The highest BCUT2D eigenvalue weighted by Gasteiger charge is 2.27. The normalized spacial score (nSPS) is 14.2. The van der Waals surface area contributed by atoms with Crippen LogP contribution in [0.3, 0.4) is 0 Å². The number of benzene rings is 1. The predicted octanol–water partition coefficient (Wildman–Crippen LogP) is 2.54. The van der Waals surface area contributed by atoms with E-state index in [1.54, 1.807) is 25.3 Å². The van der Waals surface area contributed by atoms with Crippen molar-refractivity contribution in [3.8, 4) is 5.75 Å². The maximum absolute atomic E-state index is 12.6. The minimum atomic E-state index is 0.0187. The fourth-order valence-corrected chi connectivity index (χ4v) is 2.18. The zero-order valence-electron chi connectivity index (χ0n) is 11.7. The van der Waals surface area contributed by atoms with Gasteiger partial charge in [0.25, 0.3) is 5.91 Å². The summed E-state index contributed by atoms with van der Waals surface area (Å²) in [5.74, 6) is 1.37. The van der Waals surface area contributed by atoms with Crippen molar-refractivity contribution in [3.63, 3.8) is 0 Å². The number of ether oxygens (including phenoxy) is 1. The highest BCUT2D eigenvalue weighted by Crippen LogP contribution is 2.31. The van der Waals surface area contributed by atoms with Gasteiger partial charge in [-0.05, 0) is 43.4 Å². The summed E-state index contributed by atoms with van der Waals surface area (Å²) in [6.07, 6.45) is 3.44. The largest absolute Gasteiger partial charge is 0.497 e. The van der Waals surface area contributed by atoms with E-state index in [4.69, 9.17) is 10.5 Å². The average Bonchev–Trinajstić information content (AvgIpc) is 3.22. The van der Waals surface area contributed by atoms with Crippen molar-refractivity contribution in [1.29, 1.82) is 0 Å². The number of methoxy groups -OCH3 is 1. The van der Waals surface area contributed by atoms with E-state index in [0.717, 1.165) is 19.5 Å². The minimum Gasteiger partial charge on any atom is -0.497 e. The van der Waals surface area contributed by atoms with Gasteiger partial charge in [0.05, 0.1) is 12.7 Å². The Balaban J connectivity index is 2.19. The first kappa shape index (κ1) is 13.7. The van der Waals surface area contributed by atoms with E-state index in [1.165, 1.54) is 12.8 Å². The van der Waals surface area contributed by atoms with Crippen LogP contribution in [0.15, 0.2) is 18.2 Å². The Morgan fingerprint density at radius 1 is 1.47 bits per heavy atom. The van der Waals surface area contributed by atoms with Gasteiger partial charge in [0, 0.05) is 18.8 Å². The number of amides is 1. The first-order chi connectivity index (χ1) is 9.15. The first-order valence-electron chi connectivity index (χ1n) is 6.88. The summed E-state index contributed by atoms with van der Waals surface area (Å²) in [5.41, 5.74) is 6.99. The van der Waals surface area contributed by atoms with Gasteiger partial charge >= 0.3 is 0 Å². The van der Waals surface area contributed by atoms with Gasteiger partial charge in [-0.25, -0.2) is 0 Å². The number of carbonyl (C=O) groups excluding carboxylic acids is 1. The average molecular weight is 262 g/mol. The van der Waals surface area contributed by atoms with Gasteiger partial charge in [-0.15, -0.1) is 0 Å². The van der Waals surface area contributed by atoms with Crippen molar-refractivity contribution in [2.45, 2.75) is 26.2 Å². The van der Waals surface area contributed by atoms with Crippen LogP contribution >= 0.6 is 0 Å². The number of rotatable bonds is 6. The fourth-order valence-electron chi connectivity index (χ4n) is 2.18. The van der Waals surface area contributed by atoms with Crippen molar-refractivity contribution in [2.24, 2.45) is 5.92 Å². The van der Waals surface area contributed by atoms with Crippen molar-refractivity contribution in [3.05, 3.63) is 23.8 Å². The third-order valence-electron chi connectivity index (χ3n) is 3.45. The van der Waals surface area contributed by atoms with Crippen LogP contribution in [-0.4, -0.2) is 31.0 Å². The fraction of sp³-hybridized carbons (Fsp3) is 0.533. The zero-order valence-corrected chi connectivity index (χ0v) is 11.7. The molecule has 1 saturated carbocycles. The van der Waals surface area contributed by atoms with E-state index in [2.05, 4.69) is 6.92 Å². The second-order valence-electron chi connectivity index (χ2n) is 5.15. The van der Waals surface area contributed by atoms with Crippen LogP contribution in [0.4, 0.5) is 5.69 Å². The molecule has 1 aliphatic carbocycles. The van der Waals surface area contributed by atoms with Gasteiger partial charge in [-0.3, -0.25) is 4.79 Å². The summed E-state index contributed by atoms with van der Waals surface area (Å²) < 4.78 is 5.17. The molecule has 104 valence electrons. The van der Waals surface area contributed by atoms with E-state index >= 15 is 0 Å². The molecule has 4 heteroatoms. The van der Waals surface area contributed by atoms with Crippen LogP contribution in [0.5, 0.6) is 5.75 Å². The van der Waals surface area contributed by atoms with E-state index < -0.39 is 0 Å². The van der Waals surface area contributed by atoms with Gasteiger partial charge in [0.2, 0.25) is 0 Å². The van der Waals surface area contributed by atoms with Crippen molar-refractivity contribution in [2.75, 3.05) is 25.9 Å². The Hall–Kier alpha value is -1.71. The molecule has 0 radical (unpaired) electrons. The summed E-state index contributed by atoms with van der Waals surface area (Å²) in [7, 11) is 1.59. The van der Waals surface area contributed by atoms with E-state index in [9.17, 15) is 4.79 Å². The summed E-state index contributed by atoms with van der Waals surface area (Å²) in [6.45, 7) is 3.72. The lowest BCUT2D eigenvalue weighted by molar-refractivity contribution is 0.0748. The third kappa shape index (κ3) is 3.40. The quantitative estimate of drug-likeness (QED) is 0.801. The zero-order chi connectivity index (χ0) is 13.8. The molecule has 0 aromatic heterocycles. The predicted molar refractivity (Wildman–Crippen MR) is 76.3 cm³/mol. The lowest BCUT2D eigenvalue weighted by atomic mass is 10.1. The number of hydrogen-bond donors (Lipinski definition) is 1. The summed E-state index contributed by atoms with van der Waals surface area (Å²) in [6, 6.07) is 5.23. The van der Waals surface area contributed by atoms with Gasteiger partial charge < -0.3 is 15.4 Å². The van der Waals surface area contributed by atoms with Crippen LogP contribution in [0, 0.1) is 5.92 Å². The maximum atomic E-state index is 12.6. The maximum Gasteiger partial charge on any atom is 0.256 e. The molecule has 0 atom stereocenters. The molecule has 1 amide bonds. The highest BCUT2D eigenvalue weighted by molar-refractivity contribution is 5.99. The second-order valence-corrected chi connectivity index (χ2v) is 5.15. The van der Waals surface area contributed by atoms with Crippen molar-refractivity contribution < 1.29 is 9.53 Å². The topological polar surface area (TPSA) is 55.6 Å². The summed E-state index contributed by atoms with van der Waals surface area (Å²) in [4.78, 5) is 14.5. The molecule has 2 N–H and O–H groups in total. The number of nitrogens with zero attached hydrogens (tertiary/aromatic N) is 1. The second kappa shape index (κ2) is 5.95. The minimum absolute atomic E-state index is 0.0187. The molecule has 0 bridgehead atoms. The number of hydrogen-bond acceptors (Lipinski definition) is 3. The van der Waals surface area contributed by atoms with Crippen LogP contribution < -0.4 is 10.5 Å². The monoisotopic (exact) mass is 262 g/mol. The summed E-state index contributed by atoms with van der Waals surface area (Å²) in [5, 5.41) is 0. The molecule has 4 nitrogen and oxygen atoms in total. The van der Waals surface area contributed by atoms with Crippen LogP contribution in [0.2, 0.25) is 0 Å². The Morgan fingerprint density at radius 3 is 2.79 bits per heavy atom. The molecular weight excluding hydrogens is 240 g/mol. The number of anilines is 1. The highest BCUT2D eigenvalue weighted by atomic mass is 16.5. The lowest BCUT2D eigenvalue weighted by Gasteiger charge is -2.23. The Kier molecular flexibility index (Phi) is 4.30. The molecule has 1 aromatic rings.